The molecular formula is C19H20N2O6. The predicted molar refractivity (Wildman–Crippen MR) is 100 cm³/mol. The molecule has 0 bridgehead atoms. The fourth-order valence-electron chi connectivity index (χ4n) is 2.43. The van der Waals surface area contributed by atoms with Crippen LogP contribution in [-0.4, -0.2) is 32.2 Å². The van der Waals surface area contributed by atoms with Crippen molar-refractivity contribution in [2.75, 3.05) is 21.3 Å². The Labute approximate surface area is 156 Å². The number of para-hydroxylation sites is 1. The minimum Gasteiger partial charge on any atom is -0.496 e. The maximum Gasteiger partial charge on any atom is 0.276 e. The van der Waals surface area contributed by atoms with Gasteiger partial charge in [-0.2, -0.15) is 0 Å². The van der Waals surface area contributed by atoms with E-state index in [1.807, 2.05) is 0 Å². The molecule has 0 aliphatic heterocycles. The van der Waals surface area contributed by atoms with E-state index < -0.39 is 10.8 Å². The van der Waals surface area contributed by atoms with Crippen molar-refractivity contribution in [3.05, 3.63) is 63.7 Å². The van der Waals surface area contributed by atoms with Crippen molar-refractivity contribution >= 4 is 17.7 Å². The Balaban J connectivity index is 2.11. The second-order valence-corrected chi connectivity index (χ2v) is 5.39. The SMILES string of the molecule is COc1cc(OC)c(OC)cc1CNC(=O)/C=C/c1ccccc1[N+](=O)[O-]. The molecule has 2 rings (SSSR count). The van der Waals surface area contributed by atoms with E-state index in [9.17, 15) is 14.9 Å². The maximum atomic E-state index is 12.1. The van der Waals surface area contributed by atoms with Gasteiger partial charge in [0.1, 0.15) is 5.75 Å². The number of nitrogens with zero attached hydrogens (tertiary/aromatic N) is 1. The van der Waals surface area contributed by atoms with Crippen molar-refractivity contribution in [1.82, 2.24) is 5.32 Å². The number of hydrogen-bond acceptors (Lipinski definition) is 6. The average molecular weight is 372 g/mol. The van der Waals surface area contributed by atoms with Crippen molar-refractivity contribution in [3.8, 4) is 17.2 Å². The Morgan fingerprint density at radius 2 is 1.70 bits per heavy atom. The number of methoxy groups -OCH3 is 3. The summed E-state index contributed by atoms with van der Waals surface area (Å²) in [7, 11) is 4.55. The van der Waals surface area contributed by atoms with E-state index in [2.05, 4.69) is 5.32 Å². The molecule has 0 radical (unpaired) electrons. The lowest BCUT2D eigenvalue weighted by Crippen LogP contribution is -2.20. The van der Waals surface area contributed by atoms with Crippen LogP contribution in [0.5, 0.6) is 17.2 Å². The molecule has 0 unspecified atom stereocenters. The highest BCUT2D eigenvalue weighted by molar-refractivity contribution is 5.92. The summed E-state index contributed by atoms with van der Waals surface area (Å²) < 4.78 is 15.8. The van der Waals surface area contributed by atoms with E-state index in [0.717, 1.165) is 0 Å². The van der Waals surface area contributed by atoms with Crippen molar-refractivity contribution in [1.29, 1.82) is 0 Å². The van der Waals surface area contributed by atoms with Crippen LogP contribution in [0.15, 0.2) is 42.5 Å². The number of amides is 1. The van der Waals surface area contributed by atoms with Crippen LogP contribution in [0.25, 0.3) is 6.08 Å². The highest BCUT2D eigenvalue weighted by Gasteiger charge is 2.13. The first-order chi connectivity index (χ1) is 13.0. The van der Waals surface area contributed by atoms with Crippen molar-refractivity contribution in [2.24, 2.45) is 0 Å². The van der Waals surface area contributed by atoms with E-state index in [1.54, 1.807) is 30.3 Å². The summed E-state index contributed by atoms with van der Waals surface area (Å²) >= 11 is 0. The Kier molecular flexibility index (Phi) is 6.76. The molecule has 1 N–H and O–H groups in total. The number of ether oxygens (including phenoxy) is 3. The summed E-state index contributed by atoms with van der Waals surface area (Å²) in [6, 6.07) is 9.57. The van der Waals surface area contributed by atoms with E-state index in [-0.39, 0.29) is 12.2 Å². The highest BCUT2D eigenvalue weighted by atomic mass is 16.6. The predicted octanol–water partition coefficient (Wildman–Crippen LogP) is 2.95. The van der Waals surface area contributed by atoms with Gasteiger partial charge in [0.2, 0.25) is 5.91 Å². The minimum absolute atomic E-state index is 0.0666. The Hall–Kier alpha value is -3.55. The van der Waals surface area contributed by atoms with Crippen molar-refractivity contribution < 1.29 is 23.9 Å². The first kappa shape index (κ1) is 19.8. The summed E-state index contributed by atoms with van der Waals surface area (Å²) in [5.41, 5.74) is 0.979. The first-order valence-corrected chi connectivity index (χ1v) is 7.98. The number of nitrogens with one attached hydrogen (secondary N) is 1. The summed E-state index contributed by atoms with van der Waals surface area (Å²) in [6.45, 7) is 0.184. The van der Waals surface area contributed by atoms with Crippen LogP contribution in [0, 0.1) is 10.1 Å². The number of hydrogen-bond donors (Lipinski definition) is 1. The molecule has 1 amide bonds. The first-order valence-electron chi connectivity index (χ1n) is 7.98. The maximum absolute atomic E-state index is 12.1. The zero-order valence-corrected chi connectivity index (χ0v) is 15.2. The van der Waals surface area contributed by atoms with Gasteiger partial charge in [-0.1, -0.05) is 12.1 Å². The molecule has 0 fully saturated rings. The number of carbonyl (C=O) groups is 1. The molecule has 8 nitrogen and oxygen atoms in total. The summed E-state index contributed by atoms with van der Waals surface area (Å²) in [6.07, 6.45) is 2.65. The van der Waals surface area contributed by atoms with Gasteiger partial charge in [0.05, 0.1) is 31.8 Å². The van der Waals surface area contributed by atoms with E-state index in [4.69, 9.17) is 14.2 Å². The lowest BCUT2D eigenvalue weighted by atomic mass is 10.1. The van der Waals surface area contributed by atoms with Crippen molar-refractivity contribution in [2.45, 2.75) is 6.54 Å². The molecule has 0 heterocycles. The fraction of sp³-hybridized carbons (Fsp3) is 0.211. The normalized spacial score (nSPS) is 10.5. The summed E-state index contributed by atoms with van der Waals surface area (Å²) in [4.78, 5) is 22.6. The lowest BCUT2D eigenvalue weighted by Gasteiger charge is -2.14. The Bertz CT molecular complexity index is 863. The van der Waals surface area contributed by atoms with Crippen LogP contribution in [0.3, 0.4) is 0 Å². The molecule has 0 aliphatic rings. The molecule has 0 saturated carbocycles. The molecule has 8 heteroatoms. The molecule has 142 valence electrons. The Morgan fingerprint density at radius 3 is 2.33 bits per heavy atom. The third kappa shape index (κ3) is 4.97. The lowest BCUT2D eigenvalue weighted by molar-refractivity contribution is -0.385. The van der Waals surface area contributed by atoms with Crippen molar-refractivity contribution in [3.63, 3.8) is 0 Å². The molecule has 27 heavy (non-hydrogen) atoms. The molecule has 0 atom stereocenters. The molecule has 2 aromatic rings. The van der Waals surface area contributed by atoms with Crippen LogP contribution < -0.4 is 19.5 Å². The van der Waals surface area contributed by atoms with E-state index >= 15 is 0 Å². The molecule has 0 saturated heterocycles. The highest BCUT2D eigenvalue weighted by Crippen LogP contribution is 2.34. The number of benzene rings is 2. The third-order valence-corrected chi connectivity index (χ3v) is 3.79. The second-order valence-electron chi connectivity index (χ2n) is 5.39. The quantitative estimate of drug-likeness (QED) is 0.434. The molecule has 0 spiro atoms. The molecule has 0 aromatic heterocycles. The van der Waals surface area contributed by atoms with E-state index in [0.29, 0.717) is 28.4 Å². The van der Waals surface area contributed by atoms with Gasteiger partial charge >= 0.3 is 0 Å². The third-order valence-electron chi connectivity index (χ3n) is 3.79. The van der Waals surface area contributed by atoms with Gasteiger partial charge in [0.15, 0.2) is 11.5 Å². The number of nitro groups is 1. The van der Waals surface area contributed by atoms with Crippen LogP contribution in [0.2, 0.25) is 0 Å². The fourth-order valence-corrected chi connectivity index (χ4v) is 2.43. The topological polar surface area (TPSA) is 99.9 Å². The Morgan fingerprint density at radius 1 is 1.07 bits per heavy atom. The molecule has 2 aromatic carbocycles. The van der Waals surface area contributed by atoms with Crippen LogP contribution in [0.4, 0.5) is 5.69 Å². The number of carbonyl (C=O) groups excluding carboxylic acids is 1. The molecular weight excluding hydrogens is 352 g/mol. The smallest absolute Gasteiger partial charge is 0.276 e. The number of rotatable bonds is 8. The average Bonchev–Trinajstić information content (AvgIpc) is 2.69. The summed E-state index contributed by atoms with van der Waals surface area (Å²) in [5, 5.41) is 13.7. The van der Waals surface area contributed by atoms with Gasteiger partial charge in [-0.05, 0) is 18.2 Å². The number of nitro benzene ring substituents is 1. The van der Waals surface area contributed by atoms with E-state index in [1.165, 1.54) is 39.5 Å². The summed E-state index contributed by atoms with van der Waals surface area (Å²) in [5.74, 6) is 1.17. The van der Waals surface area contributed by atoms with Gasteiger partial charge in [-0.3, -0.25) is 14.9 Å². The van der Waals surface area contributed by atoms with Gasteiger partial charge in [-0.25, -0.2) is 0 Å². The van der Waals surface area contributed by atoms with Gasteiger partial charge in [0.25, 0.3) is 5.69 Å². The van der Waals surface area contributed by atoms with Crippen LogP contribution in [0.1, 0.15) is 11.1 Å². The molecule has 0 aliphatic carbocycles. The second kappa shape index (κ2) is 9.23. The van der Waals surface area contributed by atoms with Crippen LogP contribution in [-0.2, 0) is 11.3 Å². The standard InChI is InChI=1S/C19H20N2O6/c1-25-16-11-18(27-3)17(26-2)10-14(16)12-20-19(22)9-8-13-6-4-5-7-15(13)21(23)24/h4-11H,12H2,1-3H3,(H,20,22)/b9-8+. The van der Waals surface area contributed by atoms with Gasteiger partial charge < -0.3 is 19.5 Å². The minimum atomic E-state index is -0.494. The zero-order valence-electron chi connectivity index (χ0n) is 15.2. The largest absolute Gasteiger partial charge is 0.496 e. The zero-order chi connectivity index (χ0) is 19.8. The van der Waals surface area contributed by atoms with Gasteiger partial charge in [-0.15, -0.1) is 0 Å². The van der Waals surface area contributed by atoms with Crippen LogP contribution >= 0.6 is 0 Å². The van der Waals surface area contributed by atoms with Gasteiger partial charge in [0, 0.05) is 30.3 Å². The monoisotopic (exact) mass is 372 g/mol.